The lowest BCUT2D eigenvalue weighted by atomic mass is 9.84. The van der Waals surface area contributed by atoms with Gasteiger partial charge in [-0.05, 0) is 11.8 Å². The maximum Gasteiger partial charge on any atom is 0.305 e. The summed E-state index contributed by atoms with van der Waals surface area (Å²) in [7, 11) is 1.53. The van der Waals surface area contributed by atoms with Crippen LogP contribution in [0.15, 0.2) is 0 Å². The second-order valence-electron chi connectivity index (χ2n) is 5.41. The van der Waals surface area contributed by atoms with Gasteiger partial charge < -0.3 is 20.9 Å². The number of ether oxygens (including phenoxy) is 1. The molecule has 1 amide bonds. The summed E-state index contributed by atoms with van der Waals surface area (Å²) in [6.07, 6.45) is 0.290. The van der Waals surface area contributed by atoms with E-state index in [-0.39, 0.29) is 17.7 Å². The van der Waals surface area contributed by atoms with Crippen LogP contribution in [0.4, 0.5) is 0 Å². The molecular weight excluding hydrogens is 236 g/mol. The molecule has 0 fully saturated rings. The minimum Gasteiger partial charge on any atom is -0.481 e. The maximum atomic E-state index is 11.8. The summed E-state index contributed by atoms with van der Waals surface area (Å²) in [4.78, 5) is 22.6. The SMILES string of the molecule is COCCC(N)C(=O)NC(CC(=O)O)C(C)(C)C. The average molecular weight is 260 g/mol. The Morgan fingerprint density at radius 2 is 1.94 bits per heavy atom. The molecule has 106 valence electrons. The van der Waals surface area contributed by atoms with Crippen molar-refractivity contribution in [1.29, 1.82) is 0 Å². The molecule has 0 saturated heterocycles. The number of nitrogens with one attached hydrogen (secondary N) is 1. The molecule has 0 aliphatic carbocycles. The van der Waals surface area contributed by atoms with Crippen molar-refractivity contribution in [2.75, 3.05) is 13.7 Å². The fraction of sp³-hybridized carbons (Fsp3) is 0.833. The van der Waals surface area contributed by atoms with Gasteiger partial charge in [0.25, 0.3) is 0 Å². The zero-order valence-corrected chi connectivity index (χ0v) is 11.5. The highest BCUT2D eigenvalue weighted by Gasteiger charge is 2.29. The van der Waals surface area contributed by atoms with Gasteiger partial charge >= 0.3 is 5.97 Å². The first-order valence-corrected chi connectivity index (χ1v) is 5.95. The zero-order chi connectivity index (χ0) is 14.3. The molecule has 0 rings (SSSR count). The third kappa shape index (κ3) is 6.56. The third-order valence-electron chi connectivity index (χ3n) is 2.71. The number of methoxy groups -OCH3 is 1. The van der Waals surface area contributed by atoms with E-state index in [1.807, 2.05) is 20.8 Å². The fourth-order valence-electron chi connectivity index (χ4n) is 1.40. The highest BCUT2D eigenvalue weighted by atomic mass is 16.5. The van der Waals surface area contributed by atoms with Gasteiger partial charge in [0.05, 0.1) is 12.5 Å². The smallest absolute Gasteiger partial charge is 0.305 e. The van der Waals surface area contributed by atoms with Crippen LogP contribution in [0.5, 0.6) is 0 Å². The van der Waals surface area contributed by atoms with Gasteiger partial charge in [-0.1, -0.05) is 20.8 Å². The Balaban J connectivity index is 4.48. The van der Waals surface area contributed by atoms with Crippen LogP contribution in [0.1, 0.15) is 33.6 Å². The topological polar surface area (TPSA) is 102 Å². The molecule has 0 bridgehead atoms. The van der Waals surface area contributed by atoms with Crippen molar-refractivity contribution >= 4 is 11.9 Å². The van der Waals surface area contributed by atoms with Gasteiger partial charge in [0.15, 0.2) is 0 Å². The number of carbonyl (C=O) groups excluding carboxylic acids is 1. The van der Waals surface area contributed by atoms with Crippen LogP contribution >= 0.6 is 0 Å². The predicted molar refractivity (Wildman–Crippen MR) is 68.1 cm³/mol. The van der Waals surface area contributed by atoms with Crippen LogP contribution in [0.2, 0.25) is 0 Å². The van der Waals surface area contributed by atoms with Crippen LogP contribution in [0.3, 0.4) is 0 Å². The number of carbonyl (C=O) groups is 2. The number of aliphatic carboxylic acids is 1. The lowest BCUT2D eigenvalue weighted by molar-refractivity contribution is -0.138. The van der Waals surface area contributed by atoms with E-state index >= 15 is 0 Å². The summed E-state index contributed by atoms with van der Waals surface area (Å²) in [6, 6.07) is -1.13. The minimum atomic E-state index is -0.944. The highest BCUT2D eigenvalue weighted by molar-refractivity contribution is 5.82. The molecule has 0 aliphatic rings. The van der Waals surface area contributed by atoms with E-state index in [9.17, 15) is 9.59 Å². The molecule has 2 unspecified atom stereocenters. The lowest BCUT2D eigenvalue weighted by Gasteiger charge is -2.31. The number of hydrogen-bond acceptors (Lipinski definition) is 4. The molecule has 6 heteroatoms. The molecule has 0 radical (unpaired) electrons. The first kappa shape index (κ1) is 16.9. The average Bonchev–Trinajstić information content (AvgIpc) is 2.22. The summed E-state index contributed by atoms with van der Waals surface area (Å²) < 4.78 is 4.85. The highest BCUT2D eigenvalue weighted by Crippen LogP contribution is 2.21. The lowest BCUT2D eigenvalue weighted by Crippen LogP contribution is -2.51. The van der Waals surface area contributed by atoms with Gasteiger partial charge in [0.2, 0.25) is 5.91 Å². The van der Waals surface area contributed by atoms with Crippen molar-refractivity contribution in [2.24, 2.45) is 11.1 Å². The van der Waals surface area contributed by atoms with Crippen LogP contribution in [-0.4, -0.2) is 42.8 Å². The fourth-order valence-corrected chi connectivity index (χ4v) is 1.40. The molecule has 0 saturated carbocycles. The molecule has 0 aromatic heterocycles. The quantitative estimate of drug-likeness (QED) is 0.613. The molecule has 0 aromatic carbocycles. The van der Waals surface area contributed by atoms with E-state index in [1.54, 1.807) is 0 Å². The zero-order valence-electron chi connectivity index (χ0n) is 11.5. The second kappa shape index (κ2) is 7.33. The normalized spacial score (nSPS) is 14.9. The van der Waals surface area contributed by atoms with Crippen LogP contribution in [-0.2, 0) is 14.3 Å². The molecular formula is C12H24N2O4. The number of carboxylic acid groups (broad SMARTS) is 1. The number of carboxylic acids is 1. The Morgan fingerprint density at radius 3 is 2.33 bits per heavy atom. The Labute approximate surface area is 108 Å². The van der Waals surface area contributed by atoms with Crippen molar-refractivity contribution in [3.05, 3.63) is 0 Å². The van der Waals surface area contributed by atoms with Gasteiger partial charge in [-0.25, -0.2) is 0 Å². The van der Waals surface area contributed by atoms with E-state index in [0.29, 0.717) is 13.0 Å². The Bertz CT molecular complexity index is 286. The molecule has 0 heterocycles. The summed E-state index contributed by atoms with van der Waals surface area (Å²) in [5, 5.41) is 11.5. The van der Waals surface area contributed by atoms with Crippen molar-refractivity contribution in [3.8, 4) is 0 Å². The predicted octanol–water partition coefficient (Wildman–Crippen LogP) is 0.356. The Morgan fingerprint density at radius 1 is 1.39 bits per heavy atom. The third-order valence-corrected chi connectivity index (χ3v) is 2.71. The minimum absolute atomic E-state index is 0.119. The van der Waals surface area contributed by atoms with Crippen molar-refractivity contribution in [2.45, 2.75) is 45.7 Å². The van der Waals surface area contributed by atoms with Gasteiger partial charge in [-0.3, -0.25) is 9.59 Å². The monoisotopic (exact) mass is 260 g/mol. The van der Waals surface area contributed by atoms with E-state index in [0.717, 1.165) is 0 Å². The molecule has 4 N–H and O–H groups in total. The van der Waals surface area contributed by atoms with Crippen molar-refractivity contribution < 1.29 is 19.4 Å². The standard InChI is InChI=1S/C12H24N2O4/c1-12(2,3)9(7-10(15)16)14-11(17)8(13)5-6-18-4/h8-9H,5-7,13H2,1-4H3,(H,14,17)(H,15,16). The molecule has 0 aliphatic heterocycles. The van der Waals surface area contributed by atoms with E-state index in [4.69, 9.17) is 15.6 Å². The number of amides is 1. The van der Waals surface area contributed by atoms with Gasteiger partial charge in [-0.2, -0.15) is 0 Å². The van der Waals surface area contributed by atoms with Crippen molar-refractivity contribution in [1.82, 2.24) is 5.32 Å². The van der Waals surface area contributed by atoms with Gasteiger partial charge in [-0.15, -0.1) is 0 Å². The van der Waals surface area contributed by atoms with Gasteiger partial charge in [0.1, 0.15) is 0 Å². The number of rotatable bonds is 7. The van der Waals surface area contributed by atoms with Gasteiger partial charge in [0, 0.05) is 19.8 Å². The number of nitrogens with two attached hydrogens (primary N) is 1. The molecule has 18 heavy (non-hydrogen) atoms. The van der Waals surface area contributed by atoms with Crippen LogP contribution in [0, 0.1) is 5.41 Å². The maximum absolute atomic E-state index is 11.8. The molecule has 2 atom stereocenters. The molecule has 6 nitrogen and oxygen atoms in total. The van der Waals surface area contributed by atoms with E-state index in [2.05, 4.69) is 5.32 Å². The Hall–Kier alpha value is -1.14. The summed E-state index contributed by atoms with van der Waals surface area (Å²) in [5.41, 5.74) is 5.35. The summed E-state index contributed by atoms with van der Waals surface area (Å²) >= 11 is 0. The Kier molecular flexibility index (Phi) is 6.86. The van der Waals surface area contributed by atoms with Crippen molar-refractivity contribution in [3.63, 3.8) is 0 Å². The molecule has 0 spiro atoms. The largest absolute Gasteiger partial charge is 0.481 e. The number of hydrogen-bond donors (Lipinski definition) is 3. The summed E-state index contributed by atoms with van der Waals surface area (Å²) in [5.74, 6) is -1.28. The summed E-state index contributed by atoms with van der Waals surface area (Å²) in [6.45, 7) is 6.03. The first-order chi connectivity index (χ1) is 8.18. The first-order valence-electron chi connectivity index (χ1n) is 5.95. The molecule has 0 aromatic rings. The second-order valence-corrected chi connectivity index (χ2v) is 5.41. The van der Waals surface area contributed by atoms with E-state index < -0.39 is 18.1 Å². The van der Waals surface area contributed by atoms with Crippen LogP contribution in [0.25, 0.3) is 0 Å². The van der Waals surface area contributed by atoms with Crippen LogP contribution < -0.4 is 11.1 Å². The van der Waals surface area contributed by atoms with E-state index in [1.165, 1.54) is 7.11 Å².